The van der Waals surface area contributed by atoms with Gasteiger partial charge in [0.2, 0.25) is 17.6 Å². The second-order valence-corrected chi connectivity index (χ2v) is 6.68. The number of amides is 1. The van der Waals surface area contributed by atoms with Gasteiger partial charge in [0.1, 0.15) is 11.6 Å². The topological polar surface area (TPSA) is 115 Å². The molecule has 3 heterocycles. The molecule has 162 valence electrons. The van der Waals surface area contributed by atoms with Gasteiger partial charge in [-0.15, -0.1) is 0 Å². The molecule has 2 N–H and O–H groups in total. The second kappa shape index (κ2) is 8.94. The van der Waals surface area contributed by atoms with E-state index in [-0.39, 0.29) is 17.5 Å². The monoisotopic (exact) mass is 429 g/mol. The molecule has 0 aliphatic rings. The van der Waals surface area contributed by atoms with E-state index in [0.717, 1.165) is 6.92 Å². The summed E-state index contributed by atoms with van der Waals surface area (Å²) in [5.41, 5.74) is 1.86. The summed E-state index contributed by atoms with van der Waals surface area (Å²) in [4.78, 5) is 31.9. The molecule has 0 radical (unpaired) electrons. The van der Waals surface area contributed by atoms with Gasteiger partial charge in [0.15, 0.2) is 0 Å². The van der Waals surface area contributed by atoms with Gasteiger partial charge in [0.05, 0.1) is 30.9 Å². The Labute approximate surface area is 177 Å². The summed E-state index contributed by atoms with van der Waals surface area (Å²) in [6, 6.07) is 3.14. The van der Waals surface area contributed by atoms with Crippen molar-refractivity contribution in [2.45, 2.75) is 33.1 Å². The highest BCUT2D eigenvalue weighted by molar-refractivity contribution is 5.89. The molecule has 0 aliphatic carbocycles. The molecule has 0 aliphatic heterocycles. The largest absolute Gasteiger partial charge is 0.480 e. The molecule has 0 unspecified atom stereocenters. The van der Waals surface area contributed by atoms with Crippen molar-refractivity contribution in [3.8, 4) is 17.1 Å². The van der Waals surface area contributed by atoms with Gasteiger partial charge in [-0.05, 0) is 6.42 Å². The molecule has 0 aromatic carbocycles. The van der Waals surface area contributed by atoms with Gasteiger partial charge in [-0.3, -0.25) is 4.79 Å². The zero-order valence-corrected chi connectivity index (χ0v) is 17.4. The molecular weight excluding hydrogens is 408 g/mol. The fourth-order valence-electron chi connectivity index (χ4n) is 2.65. The molecule has 9 nitrogen and oxygen atoms in total. The zero-order chi connectivity index (χ0) is 22.6. The molecule has 11 heteroatoms. The van der Waals surface area contributed by atoms with Gasteiger partial charge in [-0.1, -0.05) is 6.92 Å². The first-order chi connectivity index (χ1) is 14.7. The molecule has 0 saturated heterocycles. The van der Waals surface area contributed by atoms with E-state index in [4.69, 9.17) is 4.74 Å². The first kappa shape index (κ1) is 21.9. The quantitative estimate of drug-likeness (QED) is 0.584. The SMILES string of the molecule is CCc1cc(Nc2cc(NC(C)=O)ncc2-c2cnc(OC)cn2)nc(C(C)(F)F)n1. The molecule has 3 aromatic heterocycles. The van der Waals surface area contributed by atoms with E-state index in [2.05, 4.69) is 35.6 Å². The minimum atomic E-state index is -3.20. The standard InChI is InChI=1S/C20H21F2N7O2/c1-5-12-6-17(29-19(27-12)20(3,21)22)28-14-7-16(26-11(2)30)24-8-13(14)15-9-25-18(31-4)10-23-15/h6-10H,5H2,1-4H3,(H2,24,26,27,28,29,30). The molecule has 1 amide bonds. The number of halogens is 2. The molecule has 0 bridgehead atoms. The van der Waals surface area contributed by atoms with Gasteiger partial charge >= 0.3 is 5.92 Å². The van der Waals surface area contributed by atoms with Crippen LogP contribution in [0.1, 0.15) is 32.3 Å². The Bertz CT molecular complexity index is 1090. The van der Waals surface area contributed by atoms with E-state index in [0.29, 0.717) is 34.9 Å². The highest BCUT2D eigenvalue weighted by Crippen LogP contribution is 2.31. The van der Waals surface area contributed by atoms with Crippen LogP contribution in [0.3, 0.4) is 0 Å². The molecule has 3 aromatic rings. The molecule has 0 spiro atoms. The van der Waals surface area contributed by atoms with Gasteiger partial charge in [0.25, 0.3) is 0 Å². The summed E-state index contributed by atoms with van der Waals surface area (Å²) in [7, 11) is 1.47. The van der Waals surface area contributed by atoms with Crippen LogP contribution in [0.2, 0.25) is 0 Å². The Balaban J connectivity index is 2.08. The number of carbonyl (C=O) groups is 1. The van der Waals surface area contributed by atoms with Gasteiger partial charge in [-0.25, -0.2) is 24.9 Å². The number of hydrogen-bond acceptors (Lipinski definition) is 8. The van der Waals surface area contributed by atoms with Crippen LogP contribution in [0.15, 0.2) is 30.7 Å². The molecule has 31 heavy (non-hydrogen) atoms. The summed E-state index contributed by atoms with van der Waals surface area (Å²) in [6.07, 6.45) is 4.87. The van der Waals surface area contributed by atoms with Crippen LogP contribution in [-0.4, -0.2) is 37.9 Å². The van der Waals surface area contributed by atoms with E-state index >= 15 is 0 Å². The Hall–Kier alpha value is -3.76. The number of aryl methyl sites for hydroxylation is 1. The van der Waals surface area contributed by atoms with E-state index < -0.39 is 11.7 Å². The number of methoxy groups -OCH3 is 1. The molecular formula is C20H21F2N7O2. The minimum Gasteiger partial charge on any atom is -0.480 e. The van der Waals surface area contributed by atoms with Gasteiger partial charge in [0, 0.05) is 43.4 Å². The second-order valence-electron chi connectivity index (χ2n) is 6.68. The summed E-state index contributed by atoms with van der Waals surface area (Å²) < 4.78 is 32.8. The normalized spacial score (nSPS) is 11.2. The molecule has 3 rings (SSSR count). The maximum Gasteiger partial charge on any atom is 0.303 e. The number of nitrogens with one attached hydrogen (secondary N) is 2. The van der Waals surface area contributed by atoms with Crippen molar-refractivity contribution in [1.82, 2.24) is 24.9 Å². The summed E-state index contributed by atoms with van der Waals surface area (Å²) >= 11 is 0. The number of anilines is 3. The van der Waals surface area contributed by atoms with E-state index in [1.807, 2.05) is 6.92 Å². The Morgan fingerprint density at radius 3 is 2.45 bits per heavy atom. The van der Waals surface area contributed by atoms with Crippen LogP contribution in [0.4, 0.5) is 26.1 Å². The van der Waals surface area contributed by atoms with Crippen molar-refractivity contribution >= 4 is 23.2 Å². The van der Waals surface area contributed by atoms with Crippen molar-refractivity contribution in [3.05, 3.63) is 42.2 Å². The van der Waals surface area contributed by atoms with Gasteiger partial charge < -0.3 is 15.4 Å². The molecule has 0 saturated carbocycles. The van der Waals surface area contributed by atoms with E-state index in [1.54, 1.807) is 12.1 Å². The van der Waals surface area contributed by atoms with Crippen LogP contribution >= 0.6 is 0 Å². The number of hydrogen-bond donors (Lipinski definition) is 2. The fourth-order valence-corrected chi connectivity index (χ4v) is 2.65. The Morgan fingerprint density at radius 1 is 1.10 bits per heavy atom. The number of nitrogens with zero attached hydrogens (tertiary/aromatic N) is 5. The van der Waals surface area contributed by atoms with Crippen LogP contribution in [0, 0.1) is 0 Å². The average Bonchev–Trinajstić information content (AvgIpc) is 2.73. The summed E-state index contributed by atoms with van der Waals surface area (Å²) in [5.74, 6) is -3.32. The van der Waals surface area contributed by atoms with Crippen molar-refractivity contribution in [3.63, 3.8) is 0 Å². The van der Waals surface area contributed by atoms with Gasteiger partial charge in [-0.2, -0.15) is 8.78 Å². The summed E-state index contributed by atoms with van der Waals surface area (Å²) in [6.45, 7) is 3.90. The smallest absolute Gasteiger partial charge is 0.303 e. The number of pyridine rings is 1. The number of aromatic nitrogens is 5. The fraction of sp³-hybridized carbons (Fsp3) is 0.300. The summed E-state index contributed by atoms with van der Waals surface area (Å²) in [5, 5.41) is 5.61. The van der Waals surface area contributed by atoms with E-state index in [9.17, 15) is 13.6 Å². The molecule has 0 atom stereocenters. The predicted octanol–water partition coefficient (Wildman–Crippen LogP) is 3.71. The highest BCUT2D eigenvalue weighted by atomic mass is 19.3. The molecule has 0 fully saturated rings. The van der Waals surface area contributed by atoms with Crippen molar-refractivity contribution in [2.75, 3.05) is 17.7 Å². The Morgan fingerprint density at radius 2 is 1.87 bits per heavy atom. The lowest BCUT2D eigenvalue weighted by Crippen LogP contribution is -2.15. The maximum atomic E-state index is 13.9. The third kappa shape index (κ3) is 5.44. The van der Waals surface area contributed by atoms with Crippen molar-refractivity contribution in [1.29, 1.82) is 0 Å². The highest BCUT2D eigenvalue weighted by Gasteiger charge is 2.29. The average molecular weight is 429 g/mol. The third-order valence-corrected chi connectivity index (χ3v) is 4.12. The first-order valence-electron chi connectivity index (χ1n) is 9.37. The van der Waals surface area contributed by atoms with Crippen molar-refractivity contribution < 1.29 is 18.3 Å². The number of alkyl halides is 2. The first-order valence-corrected chi connectivity index (χ1v) is 9.37. The maximum absolute atomic E-state index is 13.9. The zero-order valence-electron chi connectivity index (χ0n) is 17.4. The number of ether oxygens (including phenoxy) is 1. The van der Waals surface area contributed by atoms with Crippen LogP contribution in [0.25, 0.3) is 11.3 Å². The van der Waals surface area contributed by atoms with Crippen LogP contribution < -0.4 is 15.4 Å². The predicted molar refractivity (Wildman–Crippen MR) is 110 cm³/mol. The van der Waals surface area contributed by atoms with E-state index in [1.165, 1.54) is 32.6 Å². The van der Waals surface area contributed by atoms with Crippen molar-refractivity contribution in [2.24, 2.45) is 0 Å². The third-order valence-electron chi connectivity index (χ3n) is 4.12. The minimum absolute atomic E-state index is 0.172. The van der Waals surface area contributed by atoms with Crippen LogP contribution in [0.5, 0.6) is 5.88 Å². The Kier molecular flexibility index (Phi) is 6.33. The lowest BCUT2D eigenvalue weighted by atomic mass is 10.1. The number of rotatable bonds is 7. The lowest BCUT2D eigenvalue weighted by molar-refractivity contribution is -0.114. The van der Waals surface area contributed by atoms with Crippen LogP contribution in [-0.2, 0) is 17.1 Å². The lowest BCUT2D eigenvalue weighted by Gasteiger charge is -2.16. The number of carbonyl (C=O) groups excluding carboxylic acids is 1.